The molecule has 1 unspecified atom stereocenters. The van der Waals surface area contributed by atoms with E-state index in [1.165, 1.54) is 11.1 Å². The summed E-state index contributed by atoms with van der Waals surface area (Å²) in [5, 5.41) is 0. The summed E-state index contributed by atoms with van der Waals surface area (Å²) < 4.78 is 41.1. The maximum absolute atomic E-state index is 11.9. The van der Waals surface area contributed by atoms with Gasteiger partial charge in [-0.2, -0.15) is 14.0 Å². The fraction of sp³-hybridized carbons (Fsp3) is 0.0541. The average molecular weight is 637 g/mol. The fourth-order valence-electron chi connectivity index (χ4n) is 4.90. The topological polar surface area (TPSA) is 78.4 Å². The van der Waals surface area contributed by atoms with E-state index in [2.05, 4.69) is 80.6 Å². The van der Waals surface area contributed by atoms with Crippen molar-refractivity contribution in [2.24, 2.45) is 0 Å². The van der Waals surface area contributed by atoms with Crippen LogP contribution in [0.2, 0.25) is 0 Å². The molecule has 2 heterocycles. The van der Waals surface area contributed by atoms with Gasteiger partial charge < -0.3 is 0 Å². The van der Waals surface area contributed by atoms with Crippen molar-refractivity contribution < 1.29 is 28.0 Å². The summed E-state index contributed by atoms with van der Waals surface area (Å²) >= 11 is 1.74. The van der Waals surface area contributed by atoms with Crippen LogP contribution >= 0.6 is 22.5 Å². The predicted octanol–water partition coefficient (Wildman–Crippen LogP) is 6.66. The van der Waals surface area contributed by atoms with Crippen molar-refractivity contribution in [1.29, 1.82) is 0 Å². The van der Waals surface area contributed by atoms with Crippen molar-refractivity contribution in [3.05, 3.63) is 184 Å². The zero-order chi connectivity index (χ0) is 30.7. The van der Waals surface area contributed by atoms with Crippen LogP contribution in [0.4, 0.5) is 0 Å². The highest BCUT2D eigenvalue weighted by molar-refractivity contribution is 8.20. The molecular formula is C37H29ClO4S2. The number of aryl methyl sites for hydroxylation is 2. The molecule has 4 nitrogen and oxygen atoms in total. The van der Waals surface area contributed by atoms with Crippen LogP contribution in [0.15, 0.2) is 151 Å². The number of thioether (sulfide) groups is 1. The zero-order valence-electron chi connectivity index (χ0n) is 24.1. The van der Waals surface area contributed by atoms with Gasteiger partial charge in [0.25, 0.3) is 0 Å². The Kier molecular flexibility index (Phi) is 9.03. The van der Waals surface area contributed by atoms with Crippen molar-refractivity contribution in [2.75, 3.05) is 0 Å². The van der Waals surface area contributed by atoms with E-state index in [9.17, 15) is 14.0 Å². The first kappa shape index (κ1) is 30.3. The molecule has 0 fully saturated rings. The third kappa shape index (κ3) is 7.32. The van der Waals surface area contributed by atoms with Crippen molar-refractivity contribution in [3.8, 4) is 0 Å². The molecule has 1 atom stereocenters. The minimum Gasteiger partial charge on any atom is -0.182 e. The third-order valence-corrected chi connectivity index (χ3v) is 10.8. The first-order valence-corrected chi connectivity index (χ1v) is 17.2. The predicted molar refractivity (Wildman–Crippen MR) is 176 cm³/mol. The van der Waals surface area contributed by atoms with Crippen LogP contribution in [0.25, 0.3) is 14.7 Å². The van der Waals surface area contributed by atoms with Crippen molar-refractivity contribution in [3.63, 3.8) is 0 Å². The molecule has 2 aliphatic heterocycles. The van der Waals surface area contributed by atoms with Gasteiger partial charge >= 0.3 is 0 Å². The van der Waals surface area contributed by atoms with E-state index < -0.39 is 21.0 Å². The molecule has 7 heteroatoms. The molecule has 6 rings (SSSR count). The van der Waals surface area contributed by atoms with Crippen LogP contribution < -0.4 is 14.0 Å². The Labute approximate surface area is 266 Å². The van der Waals surface area contributed by atoms with Crippen molar-refractivity contribution in [2.45, 2.75) is 13.8 Å². The first-order chi connectivity index (χ1) is 21.2. The highest BCUT2D eigenvalue weighted by Gasteiger charge is 2.31. The monoisotopic (exact) mass is 636 g/mol. The van der Waals surface area contributed by atoms with Gasteiger partial charge in [-0.3, -0.25) is 0 Å². The molecule has 0 amide bonds. The molecule has 44 heavy (non-hydrogen) atoms. The fourth-order valence-corrected chi connectivity index (χ4v) is 8.62. The largest absolute Gasteiger partial charge is 0.182 e. The Hall–Kier alpha value is -3.72. The number of rotatable bonds is 7. The van der Waals surface area contributed by atoms with Gasteiger partial charge in [0.15, 0.2) is 0 Å². The van der Waals surface area contributed by atoms with E-state index >= 15 is 0 Å². The molecule has 0 radical (unpaired) electrons. The van der Waals surface area contributed by atoms with Crippen molar-refractivity contribution >= 4 is 42.1 Å². The van der Waals surface area contributed by atoms with Gasteiger partial charge in [0.1, 0.15) is 14.5 Å². The summed E-state index contributed by atoms with van der Waals surface area (Å²) in [6.07, 6.45) is 10.3. The normalized spacial score (nSPS) is 17.0. The Morgan fingerprint density at radius 3 is 1.59 bits per heavy atom. The molecule has 0 aliphatic carbocycles. The molecule has 0 aromatic heterocycles. The lowest BCUT2D eigenvalue weighted by Crippen LogP contribution is -2.60. The van der Waals surface area contributed by atoms with Crippen LogP contribution in [0.3, 0.4) is 0 Å². The van der Waals surface area contributed by atoms with Crippen molar-refractivity contribution in [1.82, 2.24) is 0 Å². The molecule has 220 valence electrons. The molecule has 0 bridgehead atoms. The van der Waals surface area contributed by atoms with Crippen LogP contribution in [0, 0.1) is 24.1 Å². The molecule has 2 aliphatic rings. The van der Waals surface area contributed by atoms with Crippen LogP contribution in [0.5, 0.6) is 0 Å². The Bertz CT molecular complexity index is 1800. The van der Waals surface area contributed by atoms with E-state index in [0.717, 1.165) is 43.2 Å². The second kappa shape index (κ2) is 13.1. The number of hydrogen-bond donors (Lipinski definition) is 0. The van der Waals surface area contributed by atoms with Gasteiger partial charge in [0.05, 0.1) is 20.0 Å². The number of allylic oxidation sites excluding steroid dienone is 7. The number of benzene rings is 4. The lowest BCUT2D eigenvalue weighted by atomic mass is 10.0. The number of hydrogen-bond acceptors (Lipinski definition) is 5. The molecular weight excluding hydrogens is 608 g/mol. The standard InChI is InChI=1S/C37H29ClO4S2/c1-26-13-17-30(18-14-26)34-22-28(23-35(43-34)31-19-15-27(2)16-20-31)21-29-24-36(32-9-5-3-6-10-32)44(42-38(39,40)41)37(25-29)33-11-7-4-8-12-33/h3-25H,1-2H3. The molecule has 4 aromatic rings. The lowest BCUT2D eigenvalue weighted by molar-refractivity contribution is -1.91. The van der Waals surface area contributed by atoms with E-state index in [4.69, 9.17) is 3.74 Å². The highest BCUT2D eigenvalue weighted by atomic mass is 35.7. The molecule has 0 saturated carbocycles. The van der Waals surface area contributed by atoms with E-state index in [1.807, 2.05) is 72.8 Å². The van der Waals surface area contributed by atoms with Gasteiger partial charge in [0.2, 0.25) is 0 Å². The van der Waals surface area contributed by atoms with Gasteiger partial charge in [0, 0.05) is 9.81 Å². The van der Waals surface area contributed by atoms with E-state index in [0.29, 0.717) is 9.77 Å². The van der Waals surface area contributed by atoms with Gasteiger partial charge in [-0.1, -0.05) is 132 Å². The average Bonchev–Trinajstić information content (AvgIpc) is 3.02. The maximum atomic E-state index is 11.9. The second-order valence-electron chi connectivity index (χ2n) is 10.5. The smallest absolute Gasteiger partial charge is 0.148 e. The van der Waals surface area contributed by atoms with E-state index in [1.54, 1.807) is 11.8 Å². The SMILES string of the molecule is Cc1ccc(C2=CC(=CC3=CC(c4ccccc4)=S(O[Cl+3]([O-])([O-])[O-])C(c4ccccc4)=C3)C=C(c3ccc(C)cc3)S2)cc1. The van der Waals surface area contributed by atoms with E-state index in [-0.39, 0.29) is 0 Å². The second-order valence-corrected chi connectivity index (χ2v) is 14.2. The van der Waals surface area contributed by atoms with Crippen LogP contribution in [-0.4, -0.2) is 4.86 Å². The van der Waals surface area contributed by atoms with Gasteiger partial charge in [-0.25, -0.2) is 0 Å². The molecule has 0 N–H and O–H groups in total. The number of halogens is 1. The van der Waals surface area contributed by atoms with Crippen LogP contribution in [0.1, 0.15) is 33.4 Å². The third-order valence-electron chi connectivity index (χ3n) is 7.07. The Morgan fingerprint density at radius 1 is 0.591 bits per heavy atom. The van der Waals surface area contributed by atoms with Gasteiger partial charge in [-0.15, -0.1) is 0 Å². The molecule has 0 saturated heterocycles. The summed E-state index contributed by atoms with van der Waals surface area (Å²) in [5.74, 6) is 0. The lowest BCUT2D eigenvalue weighted by Gasteiger charge is -2.22. The zero-order valence-corrected chi connectivity index (χ0v) is 26.5. The highest BCUT2D eigenvalue weighted by Crippen LogP contribution is 2.46. The first-order valence-electron chi connectivity index (χ1n) is 14.0. The minimum atomic E-state index is -4.68. The molecule has 0 spiro atoms. The maximum Gasteiger partial charge on any atom is 0.148 e. The summed E-state index contributed by atoms with van der Waals surface area (Å²) in [5.41, 5.74) is 8.07. The summed E-state index contributed by atoms with van der Waals surface area (Å²) in [6.45, 7) is 4.16. The van der Waals surface area contributed by atoms with Gasteiger partial charge in [-0.05, 0) is 77.6 Å². The summed E-state index contributed by atoms with van der Waals surface area (Å²) in [4.78, 5) is 3.48. The Morgan fingerprint density at radius 2 is 1.09 bits per heavy atom. The summed E-state index contributed by atoms with van der Waals surface area (Å²) in [7, 11) is -6.16. The van der Waals surface area contributed by atoms with Crippen LogP contribution in [-0.2, 0) is 3.74 Å². The summed E-state index contributed by atoms with van der Waals surface area (Å²) in [6, 6.07) is 35.9. The quantitative estimate of drug-likeness (QED) is 0.212. The Balaban J connectivity index is 1.53. The minimum absolute atomic E-state index is 0.612. The molecule has 4 aromatic carbocycles.